The van der Waals surface area contributed by atoms with E-state index in [1.54, 1.807) is 0 Å². The van der Waals surface area contributed by atoms with Gasteiger partial charge in [-0.15, -0.1) is 0 Å². The van der Waals surface area contributed by atoms with Crippen LogP contribution in [0.5, 0.6) is 0 Å². The summed E-state index contributed by atoms with van der Waals surface area (Å²) in [6.45, 7) is -1.43. The van der Waals surface area contributed by atoms with Crippen LogP contribution in [0.4, 0.5) is 48.3 Å². The normalized spacial score (nSPS) is 17.5. The van der Waals surface area contributed by atoms with Crippen LogP contribution in [0.3, 0.4) is 0 Å². The van der Waals surface area contributed by atoms with Crippen molar-refractivity contribution in [3.63, 3.8) is 0 Å². The Morgan fingerprint density at radius 3 is 1.05 bits per heavy atom. The summed E-state index contributed by atoms with van der Waals surface area (Å²) in [5.41, 5.74) is -5.80. The average Bonchev–Trinajstić information content (AvgIpc) is 2.09. The first-order chi connectivity index (χ1) is 7.90. The molecule has 0 amide bonds. The molecule has 0 bridgehead atoms. The number of hydrogen-bond acceptors (Lipinski definition) is 0. The molecule has 0 aliphatic heterocycles. The minimum Gasteiger partial charge on any atom is -0.205 e. The summed E-state index contributed by atoms with van der Waals surface area (Å²) in [5, 5.41) is 0. The third-order valence-corrected chi connectivity index (χ3v) is 2.84. The molecule has 116 valence electrons. The van der Waals surface area contributed by atoms with E-state index in [-0.39, 0.29) is 0 Å². The molecule has 0 aromatic heterocycles. The fraction of sp³-hybridized carbons (Fsp3) is 1.00. The lowest BCUT2D eigenvalue weighted by molar-refractivity contribution is -0.413. The van der Waals surface area contributed by atoms with Gasteiger partial charge in [-0.05, 0) is 13.8 Å². The quantitative estimate of drug-likeness (QED) is 0.633. The molecule has 0 nitrogen and oxygen atoms in total. The molecule has 0 radical (unpaired) electrons. The maximum atomic E-state index is 13.2. The molecule has 19 heavy (non-hydrogen) atoms. The lowest BCUT2D eigenvalue weighted by Gasteiger charge is -2.42. The SMILES string of the molecule is C[C@@H](C(F)(F)F)C(F)(F)C(C)(C(F)(F)F)C(F)(F)F. The Balaban J connectivity index is 6.06. The molecule has 0 N–H and O–H groups in total. The van der Waals surface area contributed by atoms with Gasteiger partial charge in [-0.25, -0.2) is 8.78 Å². The highest BCUT2D eigenvalue weighted by Gasteiger charge is 2.82. The van der Waals surface area contributed by atoms with Crippen molar-refractivity contribution in [1.82, 2.24) is 0 Å². The van der Waals surface area contributed by atoms with Gasteiger partial charge in [0, 0.05) is 0 Å². The van der Waals surface area contributed by atoms with Gasteiger partial charge in [0.2, 0.25) is 5.41 Å². The smallest absolute Gasteiger partial charge is 0.205 e. The molecule has 0 fully saturated rings. The van der Waals surface area contributed by atoms with Crippen LogP contribution in [-0.4, -0.2) is 24.5 Å². The minimum absolute atomic E-state index is 0.435. The van der Waals surface area contributed by atoms with Crippen LogP contribution in [0.2, 0.25) is 0 Å². The maximum Gasteiger partial charge on any atom is 0.408 e. The fourth-order valence-corrected chi connectivity index (χ4v) is 1.18. The van der Waals surface area contributed by atoms with Crippen LogP contribution in [0, 0.1) is 11.3 Å². The van der Waals surface area contributed by atoms with E-state index in [0.29, 0.717) is 0 Å². The first kappa shape index (κ1) is 18.2. The monoisotopic (exact) mass is 312 g/mol. The Bertz CT molecular complexity index is 303. The standard InChI is InChI=1S/C8H7F11/c1-3(6(11,12)13)5(9,10)4(2,7(14,15)16)8(17,18)19/h3H,1-2H3/t3-/m1/s1. The van der Waals surface area contributed by atoms with Gasteiger partial charge in [0.15, 0.2) is 0 Å². The van der Waals surface area contributed by atoms with Gasteiger partial charge >= 0.3 is 18.5 Å². The predicted molar refractivity (Wildman–Crippen MR) is 40.4 cm³/mol. The average molecular weight is 312 g/mol. The molecule has 0 saturated carbocycles. The van der Waals surface area contributed by atoms with Crippen molar-refractivity contribution in [3.8, 4) is 0 Å². The molecule has 0 saturated heterocycles. The first-order valence-corrected chi connectivity index (χ1v) is 4.48. The summed E-state index contributed by atoms with van der Waals surface area (Å²) in [5.74, 6) is -10.2. The van der Waals surface area contributed by atoms with Crippen LogP contribution >= 0.6 is 0 Å². The Hall–Kier alpha value is -0.770. The maximum absolute atomic E-state index is 13.2. The molecule has 0 aliphatic carbocycles. The Labute approximate surface area is 99.1 Å². The Kier molecular flexibility index (Phi) is 4.19. The highest BCUT2D eigenvalue weighted by Crippen LogP contribution is 2.62. The van der Waals surface area contributed by atoms with Crippen LogP contribution in [-0.2, 0) is 0 Å². The van der Waals surface area contributed by atoms with Crippen molar-refractivity contribution in [3.05, 3.63) is 0 Å². The van der Waals surface area contributed by atoms with E-state index >= 15 is 0 Å². The van der Waals surface area contributed by atoms with Gasteiger partial charge in [-0.1, -0.05) is 0 Å². The van der Waals surface area contributed by atoms with Gasteiger partial charge in [-0.3, -0.25) is 0 Å². The lowest BCUT2D eigenvalue weighted by atomic mass is 9.75. The van der Waals surface area contributed by atoms with Crippen LogP contribution in [0.1, 0.15) is 13.8 Å². The summed E-state index contributed by atoms with van der Waals surface area (Å²) >= 11 is 0. The molecule has 0 rings (SSSR count). The van der Waals surface area contributed by atoms with Gasteiger partial charge in [0.25, 0.3) is 5.92 Å². The highest BCUT2D eigenvalue weighted by molar-refractivity contribution is 5.03. The van der Waals surface area contributed by atoms with E-state index in [9.17, 15) is 48.3 Å². The molecule has 0 aromatic rings. The van der Waals surface area contributed by atoms with Crippen molar-refractivity contribution in [2.45, 2.75) is 38.3 Å². The van der Waals surface area contributed by atoms with Gasteiger partial charge < -0.3 is 0 Å². The highest BCUT2D eigenvalue weighted by atomic mass is 19.4. The van der Waals surface area contributed by atoms with E-state index in [2.05, 4.69) is 0 Å². The predicted octanol–water partition coefficient (Wildman–Crippen LogP) is 4.95. The van der Waals surface area contributed by atoms with E-state index in [0.717, 1.165) is 0 Å². The zero-order valence-corrected chi connectivity index (χ0v) is 9.23. The van der Waals surface area contributed by atoms with Gasteiger partial charge in [0.1, 0.15) is 5.92 Å². The summed E-state index contributed by atoms with van der Waals surface area (Å²) < 4.78 is 136. The van der Waals surface area contributed by atoms with Crippen LogP contribution in [0.25, 0.3) is 0 Å². The molecule has 1 atom stereocenters. The number of halogens is 11. The third-order valence-electron chi connectivity index (χ3n) is 2.84. The Morgan fingerprint density at radius 1 is 0.632 bits per heavy atom. The summed E-state index contributed by atoms with van der Waals surface area (Å²) in [6, 6.07) is 0. The molecule has 0 heterocycles. The van der Waals surface area contributed by atoms with Crippen molar-refractivity contribution >= 4 is 0 Å². The number of hydrogen-bond donors (Lipinski definition) is 0. The minimum atomic E-state index is -6.60. The second-order valence-electron chi connectivity index (χ2n) is 4.01. The summed E-state index contributed by atoms with van der Waals surface area (Å²) in [6.07, 6.45) is -19.1. The van der Waals surface area contributed by atoms with Crippen LogP contribution < -0.4 is 0 Å². The largest absolute Gasteiger partial charge is 0.408 e. The number of alkyl halides is 11. The van der Waals surface area contributed by atoms with E-state index < -0.39 is 49.6 Å². The molecule has 0 aliphatic rings. The third kappa shape index (κ3) is 2.73. The summed E-state index contributed by atoms with van der Waals surface area (Å²) in [4.78, 5) is 0. The lowest BCUT2D eigenvalue weighted by Crippen LogP contribution is -2.63. The first-order valence-electron chi connectivity index (χ1n) is 4.48. The molecule has 0 spiro atoms. The van der Waals surface area contributed by atoms with Crippen molar-refractivity contribution in [2.24, 2.45) is 11.3 Å². The van der Waals surface area contributed by atoms with Crippen molar-refractivity contribution in [1.29, 1.82) is 0 Å². The fourth-order valence-electron chi connectivity index (χ4n) is 1.18. The summed E-state index contributed by atoms with van der Waals surface area (Å²) in [7, 11) is 0. The molecular formula is C8H7F11. The van der Waals surface area contributed by atoms with Crippen molar-refractivity contribution < 1.29 is 48.3 Å². The van der Waals surface area contributed by atoms with Crippen LogP contribution in [0.15, 0.2) is 0 Å². The topological polar surface area (TPSA) is 0 Å². The second-order valence-corrected chi connectivity index (χ2v) is 4.01. The van der Waals surface area contributed by atoms with Gasteiger partial charge in [-0.2, -0.15) is 39.5 Å². The molecule has 0 aromatic carbocycles. The zero-order chi connectivity index (χ0) is 16.1. The molecular weight excluding hydrogens is 305 g/mol. The Morgan fingerprint density at radius 2 is 0.895 bits per heavy atom. The molecule has 0 unspecified atom stereocenters. The van der Waals surface area contributed by atoms with E-state index in [1.807, 2.05) is 0 Å². The molecule has 11 heteroatoms. The zero-order valence-electron chi connectivity index (χ0n) is 9.23. The van der Waals surface area contributed by atoms with E-state index in [1.165, 1.54) is 0 Å². The number of rotatable bonds is 2. The second kappa shape index (κ2) is 4.37. The van der Waals surface area contributed by atoms with E-state index in [4.69, 9.17) is 0 Å². The van der Waals surface area contributed by atoms with Gasteiger partial charge in [0.05, 0.1) is 0 Å². The van der Waals surface area contributed by atoms with Crippen molar-refractivity contribution in [2.75, 3.05) is 0 Å².